The molecule has 0 aliphatic carbocycles. The summed E-state index contributed by atoms with van der Waals surface area (Å²) in [6.07, 6.45) is 6.84. The Kier molecular flexibility index (Phi) is 3.10. The quantitative estimate of drug-likeness (QED) is 0.757. The summed E-state index contributed by atoms with van der Waals surface area (Å²) in [5.74, 6) is 0.583. The highest BCUT2D eigenvalue weighted by molar-refractivity contribution is 5.08. The zero-order chi connectivity index (χ0) is 10.8. The number of rotatable bonds is 3. The first-order chi connectivity index (χ1) is 7.16. The van der Waals surface area contributed by atoms with Gasteiger partial charge in [-0.05, 0) is 37.9 Å². The Bertz CT molecular complexity index is 316. The minimum Gasteiger partial charge on any atom is -0.302 e. The fraction of sp³-hybridized carbons (Fsp3) is 0.750. The van der Waals surface area contributed by atoms with Crippen LogP contribution in [0.5, 0.6) is 0 Å². The first-order valence-electron chi connectivity index (χ1n) is 5.89. The van der Waals surface area contributed by atoms with Crippen molar-refractivity contribution in [2.24, 2.45) is 0 Å². The average molecular weight is 207 g/mol. The standard InChI is InChI=1S/C12H21N3/c1-10(2)11-7-13-15(8-11)9-12-5-4-6-14(12)3/h7-8,10,12H,4-6,9H2,1-3H3/t12-/m1/s1. The van der Waals surface area contributed by atoms with Crippen LogP contribution in [0, 0.1) is 0 Å². The summed E-state index contributed by atoms with van der Waals surface area (Å²) >= 11 is 0. The van der Waals surface area contributed by atoms with Crippen LogP contribution in [0.2, 0.25) is 0 Å². The van der Waals surface area contributed by atoms with Crippen LogP contribution in [0.25, 0.3) is 0 Å². The van der Waals surface area contributed by atoms with Crippen molar-refractivity contribution >= 4 is 0 Å². The van der Waals surface area contributed by atoms with E-state index in [4.69, 9.17) is 0 Å². The van der Waals surface area contributed by atoms with Gasteiger partial charge in [-0.3, -0.25) is 4.68 Å². The Morgan fingerprint density at radius 2 is 2.33 bits per heavy atom. The van der Waals surface area contributed by atoms with Crippen molar-refractivity contribution in [2.45, 2.75) is 45.2 Å². The van der Waals surface area contributed by atoms with E-state index >= 15 is 0 Å². The molecule has 1 aromatic rings. The first kappa shape index (κ1) is 10.7. The Morgan fingerprint density at radius 3 is 2.87 bits per heavy atom. The second-order valence-electron chi connectivity index (χ2n) is 4.93. The molecule has 0 N–H and O–H groups in total. The minimum absolute atomic E-state index is 0.583. The normalized spacial score (nSPS) is 22.8. The van der Waals surface area contributed by atoms with Crippen molar-refractivity contribution in [1.29, 1.82) is 0 Å². The largest absolute Gasteiger partial charge is 0.302 e. The molecule has 2 heterocycles. The molecule has 1 aliphatic rings. The third-order valence-corrected chi connectivity index (χ3v) is 3.39. The Morgan fingerprint density at radius 1 is 1.53 bits per heavy atom. The molecule has 1 aliphatic heterocycles. The Balaban J connectivity index is 1.98. The molecule has 15 heavy (non-hydrogen) atoms. The Hall–Kier alpha value is -0.830. The van der Waals surface area contributed by atoms with Crippen LogP contribution in [0.15, 0.2) is 12.4 Å². The van der Waals surface area contributed by atoms with Gasteiger partial charge in [-0.25, -0.2) is 0 Å². The lowest BCUT2D eigenvalue weighted by atomic mass is 10.1. The fourth-order valence-corrected chi connectivity index (χ4v) is 2.20. The number of hydrogen-bond acceptors (Lipinski definition) is 2. The maximum Gasteiger partial charge on any atom is 0.0564 e. The van der Waals surface area contributed by atoms with Gasteiger partial charge < -0.3 is 4.90 Å². The van der Waals surface area contributed by atoms with E-state index < -0.39 is 0 Å². The number of nitrogens with zero attached hydrogens (tertiary/aromatic N) is 3. The van der Waals surface area contributed by atoms with Crippen LogP contribution >= 0.6 is 0 Å². The predicted octanol–water partition coefficient (Wildman–Crippen LogP) is 2.10. The molecule has 0 aromatic carbocycles. The van der Waals surface area contributed by atoms with E-state index in [1.54, 1.807) is 0 Å². The maximum atomic E-state index is 4.43. The van der Waals surface area contributed by atoms with Crippen LogP contribution in [-0.4, -0.2) is 34.3 Å². The monoisotopic (exact) mass is 207 g/mol. The molecule has 3 heteroatoms. The predicted molar refractivity (Wildman–Crippen MR) is 62.0 cm³/mol. The summed E-state index contributed by atoms with van der Waals surface area (Å²) in [5, 5.41) is 4.43. The smallest absolute Gasteiger partial charge is 0.0564 e. The third kappa shape index (κ3) is 2.40. The summed E-state index contributed by atoms with van der Waals surface area (Å²) in [6.45, 7) is 6.71. The van der Waals surface area contributed by atoms with Gasteiger partial charge in [0.1, 0.15) is 0 Å². The molecular formula is C12H21N3. The van der Waals surface area contributed by atoms with Gasteiger partial charge in [0.2, 0.25) is 0 Å². The fourth-order valence-electron chi connectivity index (χ4n) is 2.20. The highest BCUT2D eigenvalue weighted by atomic mass is 15.3. The zero-order valence-electron chi connectivity index (χ0n) is 9.98. The number of likely N-dealkylation sites (N-methyl/N-ethyl adjacent to an activating group) is 1. The highest BCUT2D eigenvalue weighted by Gasteiger charge is 2.21. The van der Waals surface area contributed by atoms with E-state index in [9.17, 15) is 0 Å². The van der Waals surface area contributed by atoms with Crippen molar-refractivity contribution in [1.82, 2.24) is 14.7 Å². The topological polar surface area (TPSA) is 21.1 Å². The van der Waals surface area contributed by atoms with Gasteiger partial charge >= 0.3 is 0 Å². The van der Waals surface area contributed by atoms with Gasteiger partial charge in [0, 0.05) is 12.2 Å². The molecule has 1 saturated heterocycles. The van der Waals surface area contributed by atoms with Gasteiger partial charge in [-0.15, -0.1) is 0 Å². The van der Waals surface area contributed by atoms with E-state index in [-0.39, 0.29) is 0 Å². The molecule has 0 amide bonds. The third-order valence-electron chi connectivity index (χ3n) is 3.39. The van der Waals surface area contributed by atoms with E-state index in [2.05, 4.69) is 41.8 Å². The second-order valence-corrected chi connectivity index (χ2v) is 4.93. The molecule has 1 fully saturated rings. The van der Waals surface area contributed by atoms with Crippen LogP contribution in [0.1, 0.15) is 38.2 Å². The van der Waals surface area contributed by atoms with Gasteiger partial charge in [0.05, 0.1) is 12.7 Å². The molecule has 84 valence electrons. The molecule has 0 bridgehead atoms. The zero-order valence-corrected chi connectivity index (χ0v) is 9.98. The molecule has 0 radical (unpaired) electrons. The van der Waals surface area contributed by atoms with Crippen molar-refractivity contribution < 1.29 is 0 Å². The molecule has 1 atom stereocenters. The number of likely N-dealkylation sites (tertiary alicyclic amines) is 1. The molecule has 0 unspecified atom stereocenters. The van der Waals surface area contributed by atoms with Crippen molar-refractivity contribution in [2.75, 3.05) is 13.6 Å². The SMILES string of the molecule is CC(C)c1cnn(C[C@H]2CCCN2C)c1. The average Bonchev–Trinajstić information content (AvgIpc) is 2.77. The molecular weight excluding hydrogens is 186 g/mol. The molecule has 1 aromatic heterocycles. The van der Waals surface area contributed by atoms with E-state index in [1.165, 1.54) is 24.9 Å². The summed E-state index contributed by atoms with van der Waals surface area (Å²) in [6, 6.07) is 0.685. The van der Waals surface area contributed by atoms with Crippen molar-refractivity contribution in [3.8, 4) is 0 Å². The minimum atomic E-state index is 0.583. The van der Waals surface area contributed by atoms with E-state index in [0.717, 1.165) is 6.54 Å². The summed E-state index contributed by atoms with van der Waals surface area (Å²) in [7, 11) is 2.21. The van der Waals surface area contributed by atoms with Gasteiger partial charge in [0.25, 0.3) is 0 Å². The van der Waals surface area contributed by atoms with Crippen LogP contribution in [0.3, 0.4) is 0 Å². The maximum absolute atomic E-state index is 4.43. The summed E-state index contributed by atoms with van der Waals surface area (Å²) < 4.78 is 2.10. The molecule has 0 saturated carbocycles. The van der Waals surface area contributed by atoms with E-state index in [0.29, 0.717) is 12.0 Å². The number of aromatic nitrogens is 2. The lowest BCUT2D eigenvalue weighted by Gasteiger charge is -2.18. The molecule has 0 spiro atoms. The first-order valence-corrected chi connectivity index (χ1v) is 5.89. The lowest BCUT2D eigenvalue weighted by Crippen LogP contribution is -2.29. The van der Waals surface area contributed by atoms with Crippen LogP contribution in [0.4, 0.5) is 0 Å². The molecule has 2 rings (SSSR count). The van der Waals surface area contributed by atoms with E-state index in [1.807, 2.05) is 6.20 Å². The van der Waals surface area contributed by atoms with Crippen molar-refractivity contribution in [3.05, 3.63) is 18.0 Å². The summed E-state index contributed by atoms with van der Waals surface area (Å²) in [5.41, 5.74) is 1.34. The van der Waals surface area contributed by atoms with Crippen molar-refractivity contribution in [3.63, 3.8) is 0 Å². The Labute approximate surface area is 92.1 Å². The van der Waals surface area contributed by atoms with Crippen LogP contribution < -0.4 is 0 Å². The lowest BCUT2D eigenvalue weighted by molar-refractivity contribution is 0.274. The van der Waals surface area contributed by atoms with Gasteiger partial charge in [-0.2, -0.15) is 5.10 Å². The second kappa shape index (κ2) is 4.35. The van der Waals surface area contributed by atoms with Gasteiger partial charge in [-0.1, -0.05) is 13.8 Å². The molecule has 3 nitrogen and oxygen atoms in total. The highest BCUT2D eigenvalue weighted by Crippen LogP contribution is 2.18. The van der Waals surface area contributed by atoms with Gasteiger partial charge in [0.15, 0.2) is 0 Å². The number of hydrogen-bond donors (Lipinski definition) is 0. The van der Waals surface area contributed by atoms with Crippen LogP contribution in [-0.2, 0) is 6.54 Å². The summed E-state index contributed by atoms with van der Waals surface area (Å²) in [4.78, 5) is 2.44.